The SMILES string of the molecule is CCC(CC(=O)N1C(=O)OC[C@@H]1Cc1ccccc1)c1cccc2c1CCN(C(=O)OC(C)(C)C)C2. The standard InChI is InChI=1S/C29H36N2O5/c1-5-21(17-26(32)31-23(19-35-28(31)34)16-20-10-7-6-8-11-20)24-13-9-12-22-18-30(15-14-25(22)24)27(33)36-29(2,3)4/h6-13,21,23H,5,14-19H2,1-4H3/t21?,23-/m0/s1. The highest BCUT2D eigenvalue weighted by Gasteiger charge is 2.39. The number of fused-ring (bicyclic) bond motifs is 1. The van der Waals surface area contributed by atoms with Crippen LogP contribution in [0.3, 0.4) is 0 Å². The van der Waals surface area contributed by atoms with Crippen LogP contribution in [0.25, 0.3) is 0 Å². The highest BCUT2D eigenvalue weighted by atomic mass is 16.6. The molecule has 192 valence electrons. The Balaban J connectivity index is 1.48. The van der Waals surface area contributed by atoms with E-state index >= 15 is 0 Å². The lowest BCUT2D eigenvalue weighted by Crippen LogP contribution is -2.41. The maximum absolute atomic E-state index is 13.4. The van der Waals surface area contributed by atoms with Crippen LogP contribution < -0.4 is 0 Å². The second kappa shape index (κ2) is 10.7. The van der Waals surface area contributed by atoms with E-state index in [-0.39, 0.29) is 37.0 Å². The fraction of sp³-hybridized carbons (Fsp3) is 0.483. The van der Waals surface area contributed by atoms with Crippen LogP contribution in [-0.2, 0) is 33.7 Å². The van der Waals surface area contributed by atoms with Gasteiger partial charge in [0.1, 0.15) is 12.2 Å². The van der Waals surface area contributed by atoms with Crippen molar-refractivity contribution in [3.05, 3.63) is 70.8 Å². The smallest absolute Gasteiger partial charge is 0.416 e. The highest BCUT2D eigenvalue weighted by molar-refractivity contribution is 5.94. The van der Waals surface area contributed by atoms with E-state index in [4.69, 9.17) is 9.47 Å². The molecule has 0 spiro atoms. The Labute approximate surface area is 213 Å². The summed E-state index contributed by atoms with van der Waals surface area (Å²) in [7, 11) is 0. The van der Waals surface area contributed by atoms with Gasteiger partial charge >= 0.3 is 12.2 Å². The number of cyclic esters (lactones) is 1. The van der Waals surface area contributed by atoms with Gasteiger partial charge in [0.25, 0.3) is 0 Å². The second-order valence-corrected chi connectivity index (χ2v) is 10.6. The summed E-state index contributed by atoms with van der Waals surface area (Å²) in [5.41, 5.74) is 3.93. The van der Waals surface area contributed by atoms with E-state index < -0.39 is 11.7 Å². The zero-order valence-corrected chi connectivity index (χ0v) is 21.7. The largest absolute Gasteiger partial charge is 0.447 e. The van der Waals surface area contributed by atoms with E-state index in [9.17, 15) is 14.4 Å². The molecule has 2 heterocycles. The molecular formula is C29H36N2O5. The summed E-state index contributed by atoms with van der Waals surface area (Å²) in [6, 6.07) is 15.7. The zero-order chi connectivity index (χ0) is 25.9. The molecule has 1 unspecified atom stereocenters. The summed E-state index contributed by atoms with van der Waals surface area (Å²) in [6.45, 7) is 8.94. The van der Waals surface area contributed by atoms with E-state index in [1.807, 2.05) is 63.2 Å². The molecular weight excluding hydrogens is 456 g/mol. The van der Waals surface area contributed by atoms with E-state index in [0.29, 0.717) is 25.9 Å². The Kier molecular flexibility index (Phi) is 7.67. The molecule has 2 aromatic rings. The van der Waals surface area contributed by atoms with Crippen molar-refractivity contribution >= 4 is 18.1 Å². The first kappa shape index (κ1) is 25.7. The Morgan fingerprint density at radius 3 is 2.56 bits per heavy atom. The molecule has 0 saturated carbocycles. The molecule has 0 bridgehead atoms. The number of amides is 3. The third-order valence-electron chi connectivity index (χ3n) is 6.85. The molecule has 2 aliphatic heterocycles. The topological polar surface area (TPSA) is 76.2 Å². The molecule has 0 radical (unpaired) electrons. The quantitative estimate of drug-likeness (QED) is 0.536. The predicted octanol–water partition coefficient (Wildman–Crippen LogP) is 5.45. The van der Waals surface area contributed by atoms with Crippen molar-refractivity contribution in [1.29, 1.82) is 0 Å². The number of hydrogen-bond donors (Lipinski definition) is 0. The van der Waals surface area contributed by atoms with Gasteiger partial charge in [-0.1, -0.05) is 55.5 Å². The summed E-state index contributed by atoms with van der Waals surface area (Å²) in [6.07, 6.45) is 1.43. The zero-order valence-electron chi connectivity index (χ0n) is 21.7. The minimum atomic E-state index is -0.557. The third kappa shape index (κ3) is 5.89. The van der Waals surface area contributed by atoms with Crippen molar-refractivity contribution in [2.75, 3.05) is 13.2 Å². The second-order valence-electron chi connectivity index (χ2n) is 10.6. The average Bonchev–Trinajstić information content (AvgIpc) is 3.21. The van der Waals surface area contributed by atoms with Crippen molar-refractivity contribution in [3.8, 4) is 0 Å². The number of hydrogen-bond acceptors (Lipinski definition) is 5. The van der Waals surface area contributed by atoms with Crippen LogP contribution in [-0.4, -0.2) is 52.7 Å². The van der Waals surface area contributed by atoms with E-state index in [1.165, 1.54) is 10.5 Å². The van der Waals surface area contributed by atoms with E-state index in [1.54, 1.807) is 4.90 Å². The summed E-state index contributed by atoms with van der Waals surface area (Å²) in [4.78, 5) is 41.5. The van der Waals surface area contributed by atoms with Crippen molar-refractivity contribution in [1.82, 2.24) is 9.80 Å². The Morgan fingerprint density at radius 1 is 1.11 bits per heavy atom. The number of carbonyl (C=O) groups excluding carboxylic acids is 3. The first-order valence-corrected chi connectivity index (χ1v) is 12.8. The number of nitrogens with zero attached hydrogens (tertiary/aromatic N) is 2. The van der Waals surface area contributed by atoms with Gasteiger partial charge in [-0.2, -0.15) is 0 Å². The maximum Gasteiger partial charge on any atom is 0.416 e. The minimum absolute atomic E-state index is 0.0219. The molecule has 2 atom stereocenters. The number of ether oxygens (including phenoxy) is 2. The van der Waals surface area contributed by atoms with Crippen LogP contribution in [0, 0.1) is 0 Å². The Morgan fingerprint density at radius 2 is 1.86 bits per heavy atom. The van der Waals surface area contributed by atoms with Gasteiger partial charge in [-0.25, -0.2) is 14.5 Å². The van der Waals surface area contributed by atoms with E-state index in [2.05, 4.69) is 13.0 Å². The first-order chi connectivity index (χ1) is 17.2. The normalized spacial score (nSPS) is 18.4. The minimum Gasteiger partial charge on any atom is -0.447 e. The van der Waals surface area contributed by atoms with Gasteiger partial charge in [0.05, 0.1) is 6.04 Å². The summed E-state index contributed by atoms with van der Waals surface area (Å²) >= 11 is 0. The molecule has 0 aliphatic carbocycles. The summed E-state index contributed by atoms with van der Waals surface area (Å²) < 4.78 is 10.8. The number of carbonyl (C=O) groups is 3. The molecule has 1 fully saturated rings. The fourth-order valence-corrected chi connectivity index (χ4v) is 5.09. The molecule has 4 rings (SSSR count). The van der Waals surface area contributed by atoms with Crippen molar-refractivity contribution in [3.63, 3.8) is 0 Å². The predicted molar refractivity (Wildman–Crippen MR) is 137 cm³/mol. The van der Waals surface area contributed by atoms with Crippen LogP contribution >= 0.6 is 0 Å². The molecule has 2 aliphatic rings. The molecule has 36 heavy (non-hydrogen) atoms. The van der Waals surface area contributed by atoms with Crippen LogP contribution in [0.15, 0.2) is 48.5 Å². The Hall–Kier alpha value is -3.35. The van der Waals surface area contributed by atoms with Crippen LogP contribution in [0.5, 0.6) is 0 Å². The van der Waals surface area contributed by atoms with E-state index in [0.717, 1.165) is 23.1 Å². The number of rotatable bonds is 6. The molecule has 7 nitrogen and oxygen atoms in total. The highest BCUT2D eigenvalue weighted by Crippen LogP contribution is 2.33. The maximum atomic E-state index is 13.4. The van der Waals surface area contributed by atoms with Gasteiger partial charge in [0, 0.05) is 19.5 Å². The van der Waals surface area contributed by atoms with Gasteiger partial charge in [-0.15, -0.1) is 0 Å². The molecule has 0 N–H and O–H groups in total. The monoisotopic (exact) mass is 492 g/mol. The molecule has 2 aromatic carbocycles. The first-order valence-electron chi connectivity index (χ1n) is 12.8. The number of benzene rings is 2. The molecule has 7 heteroatoms. The number of imide groups is 1. The lowest BCUT2D eigenvalue weighted by Gasteiger charge is -2.33. The van der Waals surface area contributed by atoms with Gasteiger partial charge < -0.3 is 14.4 Å². The lowest BCUT2D eigenvalue weighted by molar-refractivity contribution is -0.129. The Bertz CT molecular complexity index is 1110. The van der Waals surface area contributed by atoms with Gasteiger partial charge in [0.15, 0.2) is 0 Å². The van der Waals surface area contributed by atoms with Gasteiger partial charge in [-0.05, 0) is 68.2 Å². The average molecular weight is 493 g/mol. The van der Waals surface area contributed by atoms with Crippen molar-refractivity contribution < 1.29 is 23.9 Å². The fourth-order valence-electron chi connectivity index (χ4n) is 5.09. The van der Waals surface area contributed by atoms with Crippen LogP contribution in [0.4, 0.5) is 9.59 Å². The van der Waals surface area contributed by atoms with Gasteiger partial charge in [-0.3, -0.25) is 4.79 Å². The lowest BCUT2D eigenvalue weighted by atomic mass is 9.84. The summed E-state index contributed by atoms with van der Waals surface area (Å²) in [5.74, 6) is -0.222. The van der Waals surface area contributed by atoms with Crippen LogP contribution in [0.1, 0.15) is 68.7 Å². The molecule has 0 aromatic heterocycles. The van der Waals surface area contributed by atoms with Gasteiger partial charge in [0.2, 0.25) is 5.91 Å². The van der Waals surface area contributed by atoms with Crippen LogP contribution in [0.2, 0.25) is 0 Å². The van der Waals surface area contributed by atoms with Crippen molar-refractivity contribution in [2.24, 2.45) is 0 Å². The van der Waals surface area contributed by atoms with Crippen molar-refractivity contribution in [2.45, 2.75) is 77.5 Å². The third-order valence-corrected chi connectivity index (χ3v) is 6.85. The molecule has 3 amide bonds. The molecule has 1 saturated heterocycles. The summed E-state index contributed by atoms with van der Waals surface area (Å²) in [5, 5.41) is 0.